The maximum atomic E-state index is 10.2. The Labute approximate surface area is 138 Å². The predicted octanol–water partition coefficient (Wildman–Crippen LogP) is 4.52. The molecule has 0 aromatic carbocycles. The van der Waals surface area contributed by atoms with E-state index in [1.807, 2.05) is 0 Å². The Morgan fingerprint density at radius 1 is 0.955 bits per heavy atom. The van der Waals surface area contributed by atoms with Gasteiger partial charge in [-0.15, -0.1) is 0 Å². The second kappa shape index (κ2) is 13.2. The minimum atomic E-state index is -0.398. The molecule has 2 aliphatic heterocycles. The topological polar surface area (TPSA) is 67.4 Å². The van der Waals surface area contributed by atoms with E-state index in [9.17, 15) is 9.59 Å². The van der Waals surface area contributed by atoms with Crippen LogP contribution in [0.2, 0.25) is 0 Å². The number of hydrogen-bond acceptors (Lipinski definition) is 4. The quantitative estimate of drug-likeness (QED) is 0.685. The Balaban J connectivity index is 0. The zero-order valence-corrected chi connectivity index (χ0v) is 15.4. The lowest BCUT2D eigenvalue weighted by molar-refractivity contribution is 0.195. The summed E-state index contributed by atoms with van der Waals surface area (Å²) >= 11 is 1.18. The van der Waals surface area contributed by atoms with Crippen LogP contribution in [0.15, 0.2) is 23.8 Å². The molecule has 128 valence electrons. The van der Waals surface area contributed by atoms with Crippen LogP contribution in [0.3, 0.4) is 0 Å². The number of thioether (sulfide) groups is 1. The van der Waals surface area contributed by atoms with Crippen molar-refractivity contribution >= 4 is 23.1 Å². The van der Waals surface area contributed by atoms with Gasteiger partial charge in [0.2, 0.25) is 0 Å². The molecular weight excluding hydrogens is 300 g/mol. The van der Waals surface area contributed by atoms with E-state index in [0.717, 1.165) is 16.7 Å². The highest BCUT2D eigenvalue weighted by molar-refractivity contribution is 8.17. The zero-order chi connectivity index (χ0) is 17.7. The third-order valence-electron chi connectivity index (χ3n) is 1.33. The minimum Gasteiger partial charge on any atom is -0.414 e. The molecule has 2 aliphatic rings. The lowest BCUT2D eigenvalue weighted by atomic mass is 10.3. The number of cyclic esters (lactones) is 1. The first-order valence-corrected chi connectivity index (χ1v) is 8.13. The fourth-order valence-electron chi connectivity index (χ4n) is 0.748. The van der Waals surface area contributed by atoms with Crippen LogP contribution < -0.4 is 10.6 Å². The van der Waals surface area contributed by atoms with E-state index in [4.69, 9.17) is 0 Å². The summed E-state index contributed by atoms with van der Waals surface area (Å²) in [5.74, 6) is 2.16. The van der Waals surface area contributed by atoms with Crippen molar-refractivity contribution in [1.29, 1.82) is 0 Å². The third kappa shape index (κ3) is 20.9. The Hall–Kier alpha value is -1.43. The summed E-state index contributed by atoms with van der Waals surface area (Å²) in [5, 5.41) is 5.02. The molecule has 0 spiro atoms. The first-order chi connectivity index (χ1) is 10.0. The largest absolute Gasteiger partial charge is 0.414 e. The molecule has 6 heteroatoms. The van der Waals surface area contributed by atoms with Gasteiger partial charge in [-0.2, -0.15) is 0 Å². The number of amides is 2. The fourth-order valence-corrected chi connectivity index (χ4v) is 1.30. The number of nitrogens with one attached hydrogen (secondary N) is 2. The molecule has 0 atom stereocenters. The Bertz CT molecular complexity index is 310. The molecule has 0 aromatic rings. The predicted molar refractivity (Wildman–Crippen MR) is 94.8 cm³/mol. The lowest BCUT2D eigenvalue weighted by Gasteiger charge is -1.82. The minimum absolute atomic E-state index is 0.0185. The molecule has 2 amide bonds. The number of rotatable bonds is 0. The molecule has 2 heterocycles. The van der Waals surface area contributed by atoms with Crippen LogP contribution in [0.25, 0.3) is 0 Å². The normalized spacial score (nSPS) is 15.6. The van der Waals surface area contributed by atoms with Crippen molar-refractivity contribution < 1.29 is 14.3 Å². The first kappa shape index (κ1) is 22.8. The van der Waals surface area contributed by atoms with E-state index in [0.29, 0.717) is 18.8 Å². The smallest absolute Gasteiger partial charge is 0.412 e. The van der Waals surface area contributed by atoms with E-state index in [1.54, 1.807) is 0 Å². The zero-order valence-electron chi connectivity index (χ0n) is 14.6. The van der Waals surface area contributed by atoms with Gasteiger partial charge in [-0.3, -0.25) is 4.79 Å². The van der Waals surface area contributed by atoms with E-state index in [2.05, 4.69) is 70.1 Å². The second-order valence-electron chi connectivity index (χ2n) is 6.03. The molecule has 2 saturated heterocycles. The Kier molecular flexibility index (Phi) is 13.8. The van der Waals surface area contributed by atoms with Gasteiger partial charge in [-0.05, 0) is 23.6 Å². The van der Waals surface area contributed by atoms with Crippen LogP contribution in [0.5, 0.6) is 0 Å². The van der Waals surface area contributed by atoms with Crippen LogP contribution >= 0.6 is 11.8 Å². The van der Waals surface area contributed by atoms with Gasteiger partial charge in [-0.1, -0.05) is 54.7 Å². The summed E-state index contributed by atoms with van der Waals surface area (Å²) in [4.78, 5) is 21.2. The lowest BCUT2D eigenvalue weighted by Crippen LogP contribution is -2.11. The van der Waals surface area contributed by atoms with Crippen LogP contribution in [0.4, 0.5) is 9.59 Å². The van der Waals surface area contributed by atoms with Gasteiger partial charge in [0.25, 0.3) is 5.24 Å². The van der Waals surface area contributed by atoms with Crippen LogP contribution in [0, 0.1) is 11.8 Å². The molecule has 2 fully saturated rings. The molecule has 0 saturated carbocycles. The number of alkyl carbamates (subject to hydrolysis) is 1. The Morgan fingerprint density at radius 3 is 1.50 bits per heavy atom. The summed E-state index contributed by atoms with van der Waals surface area (Å²) < 4.78 is 4.42. The molecule has 0 radical (unpaired) electrons. The molecule has 0 aliphatic carbocycles. The second-order valence-corrected chi connectivity index (χ2v) is 7.18. The van der Waals surface area contributed by atoms with Gasteiger partial charge < -0.3 is 15.4 Å². The van der Waals surface area contributed by atoms with E-state index in [-0.39, 0.29) is 5.24 Å². The van der Waals surface area contributed by atoms with Crippen LogP contribution in [-0.2, 0) is 4.74 Å². The van der Waals surface area contributed by atoms with Gasteiger partial charge in [0.1, 0.15) is 5.76 Å². The van der Waals surface area contributed by atoms with Crippen LogP contribution in [0.1, 0.15) is 41.5 Å². The van der Waals surface area contributed by atoms with Crippen molar-refractivity contribution in [2.45, 2.75) is 41.5 Å². The van der Waals surface area contributed by atoms with Crippen LogP contribution in [-0.4, -0.2) is 24.4 Å². The third-order valence-corrected chi connectivity index (χ3v) is 2.10. The molecule has 22 heavy (non-hydrogen) atoms. The number of carbonyl (C=O) groups excluding carboxylic acids is 2. The monoisotopic (exact) mass is 330 g/mol. The summed E-state index contributed by atoms with van der Waals surface area (Å²) in [6.07, 6.45) is -0.398. The van der Waals surface area contributed by atoms with E-state index < -0.39 is 6.09 Å². The van der Waals surface area contributed by atoms with Gasteiger partial charge >= 0.3 is 6.09 Å². The fraction of sp³-hybridized carbons (Fsp3) is 0.625. The number of hydrogen-bond donors (Lipinski definition) is 2. The average Bonchev–Trinajstić information content (AvgIpc) is 2.86. The van der Waals surface area contributed by atoms with E-state index >= 15 is 0 Å². The van der Waals surface area contributed by atoms with Crippen molar-refractivity contribution in [2.24, 2.45) is 11.8 Å². The maximum absolute atomic E-state index is 10.2. The summed E-state index contributed by atoms with van der Waals surface area (Å²) in [5.41, 5.74) is 0. The summed E-state index contributed by atoms with van der Waals surface area (Å²) in [7, 11) is 0. The summed E-state index contributed by atoms with van der Waals surface area (Å²) in [6, 6.07) is 0. The highest BCUT2D eigenvalue weighted by atomic mass is 32.2. The standard InChI is InChI=1S/C4H5NO2.C4H5NOS.2C4H10/c2*1-3-2-5-4(6)7-3;2*1-4(2)3/h2*1-2H2,(H,5,6);2*4H,1-3H3. The van der Waals surface area contributed by atoms with Crippen molar-refractivity contribution in [3.63, 3.8) is 0 Å². The summed E-state index contributed by atoms with van der Waals surface area (Å²) in [6.45, 7) is 21.1. The van der Waals surface area contributed by atoms with E-state index in [1.165, 1.54) is 11.8 Å². The molecular formula is C16H30N2O3S. The average molecular weight is 330 g/mol. The van der Waals surface area contributed by atoms with Gasteiger partial charge in [0.15, 0.2) is 0 Å². The van der Waals surface area contributed by atoms with Gasteiger partial charge in [0.05, 0.1) is 6.54 Å². The van der Waals surface area contributed by atoms with Crippen molar-refractivity contribution in [1.82, 2.24) is 10.6 Å². The number of ether oxygens (including phenoxy) is 1. The Morgan fingerprint density at radius 2 is 1.41 bits per heavy atom. The van der Waals surface area contributed by atoms with Gasteiger partial charge in [-0.25, -0.2) is 4.79 Å². The highest BCUT2D eigenvalue weighted by Gasteiger charge is 2.12. The molecule has 2 rings (SSSR count). The molecule has 0 aromatic heterocycles. The van der Waals surface area contributed by atoms with Crippen molar-refractivity contribution in [2.75, 3.05) is 13.1 Å². The molecule has 0 unspecified atom stereocenters. The number of carbonyl (C=O) groups is 2. The highest BCUT2D eigenvalue weighted by Crippen LogP contribution is 2.18. The molecule has 5 nitrogen and oxygen atoms in total. The molecule has 2 N–H and O–H groups in total. The van der Waals surface area contributed by atoms with Gasteiger partial charge in [0, 0.05) is 11.4 Å². The first-order valence-electron chi connectivity index (χ1n) is 7.31. The maximum Gasteiger partial charge on any atom is 0.412 e. The SMILES string of the molecule is C=C1CNC(=O)O1.C=C1CNC(=O)S1.CC(C)C.CC(C)C. The van der Waals surface area contributed by atoms with Crippen molar-refractivity contribution in [3.05, 3.63) is 23.8 Å². The molecule has 0 bridgehead atoms. The van der Waals surface area contributed by atoms with Crippen molar-refractivity contribution in [3.8, 4) is 0 Å².